The second-order valence-corrected chi connectivity index (χ2v) is 6.94. The number of thiazole rings is 1. The van der Waals surface area contributed by atoms with E-state index in [4.69, 9.17) is 4.78 Å². The number of rotatable bonds is 3. The quantitative estimate of drug-likeness (QED) is 0.800. The highest BCUT2D eigenvalue weighted by Crippen LogP contribution is 2.18. The van der Waals surface area contributed by atoms with Gasteiger partial charge in [-0.2, -0.15) is 0 Å². The standard InChI is InChI=1S/C12H11N3OS2/c13-18(16,11-4-2-1-3-5-11)9-10-8-15-6-7-17-12(15)14-10/h1-8,13H,9H2. The van der Waals surface area contributed by atoms with Crippen LogP contribution in [0, 0.1) is 4.78 Å². The summed E-state index contributed by atoms with van der Waals surface area (Å²) in [5, 5.41) is 1.95. The van der Waals surface area contributed by atoms with Crippen molar-refractivity contribution in [1.29, 1.82) is 4.78 Å². The number of fused-ring (bicyclic) bond motifs is 1. The number of nitrogens with one attached hydrogen (secondary N) is 1. The van der Waals surface area contributed by atoms with Crippen LogP contribution in [0.3, 0.4) is 0 Å². The van der Waals surface area contributed by atoms with E-state index in [1.807, 2.05) is 28.2 Å². The van der Waals surface area contributed by atoms with Gasteiger partial charge in [0, 0.05) is 22.7 Å². The van der Waals surface area contributed by atoms with Gasteiger partial charge in [-0.3, -0.25) is 4.40 Å². The predicted molar refractivity (Wildman–Crippen MR) is 72.3 cm³/mol. The zero-order valence-corrected chi connectivity index (χ0v) is 11.1. The second-order valence-electron chi connectivity index (χ2n) is 3.96. The van der Waals surface area contributed by atoms with Gasteiger partial charge < -0.3 is 0 Å². The molecule has 6 heteroatoms. The largest absolute Gasteiger partial charge is 0.297 e. The van der Waals surface area contributed by atoms with Gasteiger partial charge in [-0.05, 0) is 12.1 Å². The molecule has 2 heterocycles. The second kappa shape index (κ2) is 4.22. The summed E-state index contributed by atoms with van der Waals surface area (Å²) < 4.78 is 22.3. The fraction of sp³-hybridized carbons (Fsp3) is 0.0833. The van der Waals surface area contributed by atoms with Crippen molar-refractivity contribution in [2.24, 2.45) is 0 Å². The third-order valence-corrected chi connectivity index (χ3v) is 5.12. The average molecular weight is 277 g/mol. The first-order valence-electron chi connectivity index (χ1n) is 5.38. The molecule has 1 N–H and O–H groups in total. The maximum atomic E-state index is 12.4. The first-order valence-corrected chi connectivity index (χ1v) is 7.98. The molecule has 4 nitrogen and oxygen atoms in total. The Morgan fingerprint density at radius 2 is 2.11 bits per heavy atom. The smallest absolute Gasteiger partial charge is 0.193 e. The highest BCUT2D eigenvalue weighted by molar-refractivity contribution is 7.91. The third kappa shape index (κ3) is 2.04. The minimum Gasteiger partial charge on any atom is -0.297 e. The van der Waals surface area contributed by atoms with E-state index < -0.39 is 9.73 Å². The van der Waals surface area contributed by atoms with E-state index in [0.29, 0.717) is 10.6 Å². The van der Waals surface area contributed by atoms with E-state index in [1.54, 1.807) is 24.3 Å². The van der Waals surface area contributed by atoms with E-state index in [0.717, 1.165) is 4.96 Å². The van der Waals surface area contributed by atoms with Crippen LogP contribution in [0.2, 0.25) is 0 Å². The van der Waals surface area contributed by atoms with Crippen LogP contribution >= 0.6 is 11.3 Å². The topological polar surface area (TPSA) is 58.2 Å². The summed E-state index contributed by atoms with van der Waals surface area (Å²) in [5.74, 6) is 0.158. The molecule has 1 unspecified atom stereocenters. The minimum absolute atomic E-state index is 0.158. The monoisotopic (exact) mass is 277 g/mol. The molecule has 18 heavy (non-hydrogen) atoms. The van der Waals surface area contributed by atoms with Crippen LogP contribution in [-0.2, 0) is 15.5 Å². The van der Waals surface area contributed by atoms with E-state index in [-0.39, 0.29) is 5.75 Å². The molecule has 0 bridgehead atoms. The molecular formula is C12H11N3OS2. The molecule has 3 rings (SSSR count). The average Bonchev–Trinajstić information content (AvgIpc) is 2.90. The summed E-state index contributed by atoms with van der Waals surface area (Å²) in [4.78, 5) is 5.79. The fourth-order valence-corrected chi connectivity index (χ4v) is 3.82. The van der Waals surface area contributed by atoms with Gasteiger partial charge in [0.25, 0.3) is 0 Å². The summed E-state index contributed by atoms with van der Waals surface area (Å²) in [6, 6.07) is 8.91. The predicted octanol–water partition coefficient (Wildman–Crippen LogP) is 3.00. The molecule has 0 radical (unpaired) electrons. The molecule has 92 valence electrons. The third-order valence-electron chi connectivity index (χ3n) is 2.62. The first-order chi connectivity index (χ1) is 8.65. The SMILES string of the molecule is N=S(=O)(Cc1cn2ccsc2n1)c1ccccc1. The maximum Gasteiger partial charge on any atom is 0.193 e. The molecule has 0 aliphatic rings. The summed E-state index contributed by atoms with van der Waals surface area (Å²) in [5.41, 5.74) is 0.700. The lowest BCUT2D eigenvalue weighted by Crippen LogP contribution is -2.03. The van der Waals surface area contributed by atoms with Gasteiger partial charge in [-0.1, -0.05) is 18.2 Å². The Labute approximate surface area is 109 Å². The van der Waals surface area contributed by atoms with Crippen molar-refractivity contribution in [1.82, 2.24) is 9.38 Å². The minimum atomic E-state index is -2.81. The summed E-state index contributed by atoms with van der Waals surface area (Å²) >= 11 is 1.53. The van der Waals surface area contributed by atoms with E-state index in [2.05, 4.69) is 4.98 Å². The molecule has 0 saturated carbocycles. The Morgan fingerprint density at radius 1 is 1.33 bits per heavy atom. The molecule has 0 aliphatic carbocycles. The normalized spacial score (nSPS) is 14.7. The van der Waals surface area contributed by atoms with Crippen LogP contribution in [0.5, 0.6) is 0 Å². The fourth-order valence-electron chi connectivity index (χ4n) is 1.78. The van der Waals surface area contributed by atoms with Gasteiger partial charge >= 0.3 is 0 Å². The van der Waals surface area contributed by atoms with Crippen molar-refractivity contribution in [3.8, 4) is 0 Å². The van der Waals surface area contributed by atoms with Gasteiger partial charge in [0.2, 0.25) is 0 Å². The number of hydrogen-bond donors (Lipinski definition) is 1. The Bertz CT molecular complexity index is 743. The Morgan fingerprint density at radius 3 is 2.83 bits per heavy atom. The van der Waals surface area contributed by atoms with Gasteiger partial charge in [0.05, 0.1) is 21.2 Å². The van der Waals surface area contributed by atoms with E-state index in [1.165, 1.54) is 11.3 Å². The molecule has 3 aromatic rings. The highest BCUT2D eigenvalue weighted by atomic mass is 32.2. The Hall–Kier alpha value is -1.66. The number of imidazole rings is 1. The Balaban J connectivity index is 1.95. The molecule has 0 fully saturated rings. The van der Waals surface area contributed by atoms with Crippen molar-refractivity contribution in [3.05, 3.63) is 53.8 Å². The number of benzene rings is 1. The lowest BCUT2D eigenvalue weighted by Gasteiger charge is -2.04. The zero-order valence-electron chi connectivity index (χ0n) is 9.45. The molecule has 0 spiro atoms. The lowest BCUT2D eigenvalue weighted by molar-refractivity contribution is 0.673. The lowest BCUT2D eigenvalue weighted by atomic mass is 10.4. The van der Waals surface area contributed by atoms with Crippen LogP contribution in [0.25, 0.3) is 4.96 Å². The van der Waals surface area contributed by atoms with Gasteiger partial charge in [-0.25, -0.2) is 14.0 Å². The van der Waals surface area contributed by atoms with Gasteiger partial charge in [-0.15, -0.1) is 11.3 Å². The van der Waals surface area contributed by atoms with E-state index >= 15 is 0 Å². The number of hydrogen-bond acceptors (Lipinski definition) is 4. The summed E-state index contributed by atoms with van der Waals surface area (Å²) in [6.07, 6.45) is 3.74. The Kier molecular flexibility index (Phi) is 2.68. The molecular weight excluding hydrogens is 266 g/mol. The zero-order chi connectivity index (χ0) is 12.6. The first kappa shape index (κ1) is 11.4. The molecule has 1 atom stereocenters. The number of aromatic nitrogens is 2. The molecule has 1 aromatic carbocycles. The van der Waals surface area contributed by atoms with Crippen molar-refractivity contribution >= 4 is 26.0 Å². The van der Waals surface area contributed by atoms with Gasteiger partial charge in [0.1, 0.15) is 0 Å². The molecule has 0 saturated heterocycles. The van der Waals surface area contributed by atoms with Gasteiger partial charge in [0.15, 0.2) is 4.96 Å². The summed E-state index contributed by atoms with van der Waals surface area (Å²) in [6.45, 7) is 0. The highest BCUT2D eigenvalue weighted by Gasteiger charge is 2.13. The van der Waals surface area contributed by atoms with Crippen molar-refractivity contribution in [2.75, 3.05) is 0 Å². The molecule has 0 aliphatic heterocycles. The maximum absolute atomic E-state index is 12.4. The summed E-state index contributed by atoms with van der Waals surface area (Å²) in [7, 11) is -2.81. The van der Waals surface area contributed by atoms with Crippen LogP contribution in [0.4, 0.5) is 0 Å². The van der Waals surface area contributed by atoms with Crippen molar-refractivity contribution in [2.45, 2.75) is 10.6 Å². The van der Waals surface area contributed by atoms with Crippen LogP contribution < -0.4 is 0 Å². The molecule has 0 amide bonds. The van der Waals surface area contributed by atoms with Crippen LogP contribution in [0.1, 0.15) is 5.69 Å². The van der Waals surface area contributed by atoms with Crippen molar-refractivity contribution < 1.29 is 4.21 Å². The van der Waals surface area contributed by atoms with Crippen molar-refractivity contribution in [3.63, 3.8) is 0 Å². The van der Waals surface area contributed by atoms with Crippen LogP contribution in [-0.4, -0.2) is 13.6 Å². The number of nitrogens with zero attached hydrogens (tertiary/aromatic N) is 2. The van der Waals surface area contributed by atoms with E-state index in [9.17, 15) is 4.21 Å². The van der Waals surface area contributed by atoms with Crippen LogP contribution in [0.15, 0.2) is 53.0 Å². The molecule has 2 aromatic heterocycles.